The van der Waals surface area contributed by atoms with E-state index in [4.69, 9.17) is 34.6 Å². The second-order valence-corrected chi connectivity index (χ2v) is 9.72. The lowest BCUT2D eigenvalue weighted by molar-refractivity contribution is -0.170. The summed E-state index contributed by atoms with van der Waals surface area (Å²) in [5, 5.41) is 38.4. The van der Waals surface area contributed by atoms with Crippen molar-refractivity contribution in [3.05, 3.63) is 53.9 Å². The molecule has 1 unspecified atom stereocenters. The molecule has 2 aliphatic rings. The number of hydrogen-bond donors (Lipinski definition) is 4. The fraction of sp³-hybridized carbons (Fsp3) is 0.481. The van der Waals surface area contributed by atoms with Gasteiger partial charge in [0, 0.05) is 38.0 Å². The Morgan fingerprint density at radius 1 is 1.15 bits per heavy atom. The molecule has 40 heavy (non-hydrogen) atoms. The molecule has 4 N–H and O–H groups in total. The summed E-state index contributed by atoms with van der Waals surface area (Å²) in [5.41, 5.74) is 0.793. The summed E-state index contributed by atoms with van der Waals surface area (Å²) >= 11 is 0. The number of carboxylic acids is 3. The fourth-order valence-electron chi connectivity index (χ4n) is 4.45. The lowest BCUT2D eigenvalue weighted by atomic mass is 9.96. The van der Waals surface area contributed by atoms with Crippen LogP contribution < -0.4 is 9.47 Å². The molecule has 0 aliphatic carbocycles. The zero-order valence-corrected chi connectivity index (χ0v) is 22.3. The second-order valence-electron chi connectivity index (χ2n) is 9.72. The molecule has 13 nitrogen and oxygen atoms in total. The number of carbonyl (C=O) groups is 3. The summed E-state index contributed by atoms with van der Waals surface area (Å²) in [7, 11) is 0. The molecule has 0 bridgehead atoms. The average molecular weight is 562 g/mol. The third-order valence-electron chi connectivity index (χ3n) is 6.37. The normalized spacial score (nSPS) is 15.9. The van der Waals surface area contributed by atoms with Gasteiger partial charge in [-0.2, -0.15) is 5.10 Å². The fourth-order valence-corrected chi connectivity index (χ4v) is 4.45. The van der Waals surface area contributed by atoms with Crippen molar-refractivity contribution in [1.29, 1.82) is 0 Å². The van der Waals surface area contributed by atoms with Crippen LogP contribution in [0.1, 0.15) is 42.5 Å². The van der Waals surface area contributed by atoms with Gasteiger partial charge in [-0.25, -0.2) is 4.79 Å². The minimum Gasteiger partial charge on any atom is -0.481 e. The maximum atomic E-state index is 10.3. The van der Waals surface area contributed by atoms with Gasteiger partial charge in [-0.05, 0) is 37.5 Å². The van der Waals surface area contributed by atoms with E-state index in [0.717, 1.165) is 62.8 Å². The van der Waals surface area contributed by atoms with Gasteiger partial charge in [-0.1, -0.05) is 12.1 Å². The number of aryl methyl sites for hydroxylation is 1. The van der Waals surface area contributed by atoms with Crippen molar-refractivity contribution in [3.63, 3.8) is 0 Å². The highest BCUT2D eigenvalue weighted by Gasteiger charge is 2.40. The maximum Gasteiger partial charge on any atom is 0.336 e. The lowest BCUT2D eigenvalue weighted by Crippen LogP contribution is -2.42. The van der Waals surface area contributed by atoms with Gasteiger partial charge in [0.25, 0.3) is 0 Å². The third kappa shape index (κ3) is 8.79. The van der Waals surface area contributed by atoms with Gasteiger partial charge < -0.3 is 34.6 Å². The van der Waals surface area contributed by atoms with Crippen LogP contribution in [0.2, 0.25) is 0 Å². The first-order valence-electron chi connectivity index (χ1n) is 12.7. The molecule has 0 saturated carbocycles. The van der Waals surface area contributed by atoms with E-state index in [2.05, 4.69) is 41.8 Å². The smallest absolute Gasteiger partial charge is 0.336 e. The van der Waals surface area contributed by atoms with Crippen LogP contribution in [-0.2, 0) is 38.8 Å². The number of allylic oxidation sites excluding steroid dienone is 1. The third-order valence-corrected chi connectivity index (χ3v) is 6.37. The molecule has 4 rings (SSSR count). The zero-order valence-electron chi connectivity index (χ0n) is 22.3. The van der Waals surface area contributed by atoms with Gasteiger partial charge in [-0.3, -0.25) is 19.2 Å². The van der Waals surface area contributed by atoms with Crippen LogP contribution in [0.25, 0.3) is 0 Å². The van der Waals surface area contributed by atoms with E-state index in [1.165, 1.54) is 11.1 Å². The molecule has 1 fully saturated rings. The summed E-state index contributed by atoms with van der Waals surface area (Å²) in [5.74, 6) is -3.36. The SMILES string of the molecule is C=CCn1cc(CN(Cc2ccc3c(c2)OCO3)CC2CCCO2)c(C)n1.O=C(O)CC(O)(CC(=O)O)C(=O)O. The lowest BCUT2D eigenvalue weighted by Gasteiger charge is -2.25. The van der Waals surface area contributed by atoms with E-state index in [-0.39, 0.29) is 0 Å². The summed E-state index contributed by atoms with van der Waals surface area (Å²) in [6.45, 7) is 10.4. The predicted octanol–water partition coefficient (Wildman–Crippen LogP) is 2.04. The van der Waals surface area contributed by atoms with Crippen molar-refractivity contribution >= 4 is 17.9 Å². The van der Waals surface area contributed by atoms with Gasteiger partial charge >= 0.3 is 17.9 Å². The molecule has 1 aromatic heterocycles. The molecule has 13 heteroatoms. The molecule has 2 aliphatic heterocycles. The van der Waals surface area contributed by atoms with Crippen LogP contribution in [-0.4, -0.2) is 84.7 Å². The molecule has 218 valence electrons. The number of rotatable bonds is 13. The summed E-state index contributed by atoms with van der Waals surface area (Å²) in [6, 6.07) is 6.19. The highest BCUT2D eigenvalue weighted by molar-refractivity contribution is 5.88. The molecule has 3 heterocycles. The van der Waals surface area contributed by atoms with Crippen LogP contribution in [0.4, 0.5) is 0 Å². The van der Waals surface area contributed by atoms with E-state index in [0.29, 0.717) is 12.9 Å². The van der Waals surface area contributed by atoms with E-state index in [9.17, 15) is 14.4 Å². The Balaban J connectivity index is 0.000000289. The summed E-state index contributed by atoms with van der Waals surface area (Å²) < 4.78 is 18.8. The molecule has 0 radical (unpaired) electrons. The number of aliphatic hydroxyl groups is 1. The van der Waals surface area contributed by atoms with Crippen molar-refractivity contribution < 1.29 is 49.0 Å². The van der Waals surface area contributed by atoms with Crippen molar-refractivity contribution in [2.24, 2.45) is 0 Å². The van der Waals surface area contributed by atoms with Crippen molar-refractivity contribution in [2.75, 3.05) is 19.9 Å². The summed E-state index contributed by atoms with van der Waals surface area (Å²) in [4.78, 5) is 32.9. The number of fused-ring (bicyclic) bond motifs is 1. The first kappa shape index (κ1) is 30.6. The number of nitrogens with zero attached hydrogens (tertiary/aromatic N) is 3. The molecule has 1 atom stereocenters. The molecular formula is C27H35N3O10. The van der Waals surface area contributed by atoms with Gasteiger partial charge in [0.1, 0.15) is 0 Å². The number of aromatic nitrogens is 2. The van der Waals surface area contributed by atoms with E-state index in [1.807, 2.05) is 16.8 Å². The highest BCUT2D eigenvalue weighted by atomic mass is 16.7. The Morgan fingerprint density at radius 2 is 1.85 bits per heavy atom. The molecule has 0 amide bonds. The topological polar surface area (TPSA) is 181 Å². The molecule has 1 saturated heterocycles. The molecule has 0 spiro atoms. The standard InChI is InChI=1S/C21H27N3O3.C6H8O7/c1-3-8-24-13-18(16(2)22-24)12-23(14-19-5-4-9-25-19)11-17-6-7-20-21(10-17)27-15-26-20;7-3(8)1-6(13,5(11)12)2-4(9)10/h3,6-7,10,13,19H,1,4-5,8-9,11-12,14-15H2,2H3;13H,1-2H2,(H,7,8)(H,9,10)(H,11,12). The van der Waals surface area contributed by atoms with Crippen LogP contribution >= 0.6 is 0 Å². The first-order valence-corrected chi connectivity index (χ1v) is 12.7. The Morgan fingerprint density at radius 3 is 2.45 bits per heavy atom. The predicted molar refractivity (Wildman–Crippen MR) is 140 cm³/mol. The Bertz CT molecular complexity index is 1190. The summed E-state index contributed by atoms with van der Waals surface area (Å²) in [6.07, 6.45) is 4.29. The number of carboxylic acid groups (broad SMARTS) is 3. The maximum absolute atomic E-state index is 10.3. The van der Waals surface area contributed by atoms with Gasteiger partial charge in [0.2, 0.25) is 6.79 Å². The Labute approximate surface area is 231 Å². The van der Waals surface area contributed by atoms with Crippen molar-refractivity contribution in [1.82, 2.24) is 14.7 Å². The van der Waals surface area contributed by atoms with Gasteiger partial charge in [0.05, 0.1) is 31.2 Å². The molecular weight excluding hydrogens is 526 g/mol. The number of hydrogen-bond acceptors (Lipinski definition) is 9. The minimum atomic E-state index is -2.74. The van der Waals surface area contributed by atoms with Crippen LogP contribution in [0, 0.1) is 6.92 Å². The van der Waals surface area contributed by atoms with Crippen molar-refractivity contribution in [2.45, 2.75) is 63.9 Å². The minimum absolute atomic E-state index is 0.306. The first-order chi connectivity index (χ1) is 19.0. The van der Waals surface area contributed by atoms with Crippen molar-refractivity contribution in [3.8, 4) is 11.5 Å². The van der Waals surface area contributed by atoms with Gasteiger partial charge in [0.15, 0.2) is 17.1 Å². The van der Waals surface area contributed by atoms with Crippen LogP contribution in [0.15, 0.2) is 37.1 Å². The largest absolute Gasteiger partial charge is 0.481 e. The number of benzene rings is 1. The monoisotopic (exact) mass is 561 g/mol. The molecule has 2 aromatic rings. The number of aliphatic carboxylic acids is 3. The Kier molecular flexibility index (Phi) is 10.6. The van der Waals surface area contributed by atoms with E-state index >= 15 is 0 Å². The van der Waals surface area contributed by atoms with Gasteiger partial charge in [-0.15, -0.1) is 6.58 Å². The number of ether oxygens (including phenoxy) is 3. The van der Waals surface area contributed by atoms with Crippen LogP contribution in [0.5, 0.6) is 11.5 Å². The molecule has 1 aromatic carbocycles. The second kappa shape index (κ2) is 13.9. The quantitative estimate of drug-likeness (QED) is 0.262. The zero-order chi connectivity index (χ0) is 29.3. The Hall–Kier alpha value is -3.94. The van der Waals surface area contributed by atoms with Crippen LogP contribution in [0.3, 0.4) is 0 Å². The highest BCUT2D eigenvalue weighted by Crippen LogP contribution is 2.33. The van der Waals surface area contributed by atoms with E-state index < -0.39 is 36.4 Å². The average Bonchev–Trinajstić information content (AvgIpc) is 3.61. The van der Waals surface area contributed by atoms with E-state index in [1.54, 1.807) is 0 Å².